The molecule has 1 saturated heterocycles. The first-order chi connectivity index (χ1) is 11.7. The molecule has 2 unspecified atom stereocenters. The predicted octanol–water partition coefficient (Wildman–Crippen LogP) is 4.03. The van der Waals surface area contributed by atoms with Crippen LogP contribution >= 0.6 is 11.3 Å². The Balaban J connectivity index is 1.97. The highest BCUT2D eigenvalue weighted by atomic mass is 32.1. The first kappa shape index (κ1) is 17.0. The van der Waals surface area contributed by atoms with Gasteiger partial charge in [0.25, 0.3) is 0 Å². The van der Waals surface area contributed by atoms with E-state index in [1.165, 1.54) is 4.88 Å². The van der Waals surface area contributed by atoms with Crippen molar-refractivity contribution in [2.24, 2.45) is 5.92 Å². The maximum Gasteiger partial charge on any atom is 0.307 e. The van der Waals surface area contributed by atoms with Gasteiger partial charge in [0, 0.05) is 17.0 Å². The fraction of sp³-hybridized carbons (Fsp3) is 0.421. The number of carboxylic acid groups (broad SMARTS) is 1. The van der Waals surface area contributed by atoms with E-state index in [9.17, 15) is 9.90 Å². The highest BCUT2D eigenvalue weighted by Gasteiger charge is 2.32. The zero-order valence-corrected chi connectivity index (χ0v) is 14.7. The third kappa shape index (κ3) is 3.62. The molecule has 4 nitrogen and oxygen atoms in total. The van der Waals surface area contributed by atoms with Crippen LogP contribution < -0.4 is 4.74 Å². The van der Waals surface area contributed by atoms with E-state index in [4.69, 9.17) is 4.74 Å². The van der Waals surface area contributed by atoms with Gasteiger partial charge in [-0.3, -0.25) is 9.69 Å². The van der Waals surface area contributed by atoms with Crippen LogP contribution in [0, 0.1) is 5.92 Å². The van der Waals surface area contributed by atoms with Crippen LogP contribution in [0.1, 0.15) is 36.2 Å². The molecule has 0 amide bonds. The van der Waals surface area contributed by atoms with Gasteiger partial charge in [-0.2, -0.15) is 0 Å². The van der Waals surface area contributed by atoms with Crippen LogP contribution in [-0.2, 0) is 4.79 Å². The number of hydrogen-bond acceptors (Lipinski definition) is 4. The second-order valence-corrected chi connectivity index (χ2v) is 7.04. The molecule has 0 radical (unpaired) electrons. The highest BCUT2D eigenvalue weighted by molar-refractivity contribution is 7.10. The molecule has 1 N–H and O–H groups in total. The van der Waals surface area contributed by atoms with E-state index >= 15 is 0 Å². The van der Waals surface area contributed by atoms with E-state index in [0.717, 1.165) is 30.7 Å². The van der Waals surface area contributed by atoms with Gasteiger partial charge in [-0.1, -0.05) is 24.3 Å². The maximum atomic E-state index is 11.5. The molecule has 0 aliphatic carbocycles. The number of aliphatic carboxylic acids is 1. The molecule has 128 valence electrons. The first-order valence-corrected chi connectivity index (χ1v) is 9.30. The zero-order chi connectivity index (χ0) is 16.9. The average Bonchev–Trinajstić information content (AvgIpc) is 3.11. The Bertz CT molecular complexity index is 671. The Kier molecular flexibility index (Phi) is 5.53. The molecule has 5 heteroatoms. The minimum Gasteiger partial charge on any atom is -0.494 e. The van der Waals surface area contributed by atoms with E-state index in [-0.39, 0.29) is 12.0 Å². The smallest absolute Gasteiger partial charge is 0.307 e. The Morgan fingerprint density at radius 3 is 2.92 bits per heavy atom. The van der Waals surface area contributed by atoms with Crippen molar-refractivity contribution in [1.82, 2.24) is 4.90 Å². The number of hydrogen-bond donors (Lipinski definition) is 1. The molecule has 24 heavy (non-hydrogen) atoms. The summed E-state index contributed by atoms with van der Waals surface area (Å²) in [4.78, 5) is 15.0. The number of thiophene rings is 1. The lowest BCUT2D eigenvalue weighted by Gasteiger charge is -2.37. The number of ether oxygens (including phenoxy) is 1. The van der Waals surface area contributed by atoms with E-state index in [0.29, 0.717) is 13.2 Å². The maximum absolute atomic E-state index is 11.5. The Morgan fingerprint density at radius 2 is 2.21 bits per heavy atom. The van der Waals surface area contributed by atoms with E-state index in [1.54, 1.807) is 11.3 Å². The standard InChI is InChI=1S/C19H23NO3S/c1-2-23-16-9-4-3-8-15(16)18(17-10-6-12-24-17)20-11-5-7-14(13-20)19(21)22/h3-4,6,8-10,12,14,18H,2,5,7,11,13H2,1H3,(H,21,22). The van der Waals surface area contributed by atoms with Gasteiger partial charge in [-0.15, -0.1) is 11.3 Å². The molecule has 2 atom stereocenters. The molecule has 0 spiro atoms. The highest BCUT2D eigenvalue weighted by Crippen LogP contribution is 2.38. The van der Waals surface area contributed by atoms with Gasteiger partial charge in [-0.05, 0) is 43.8 Å². The van der Waals surface area contributed by atoms with Crippen molar-refractivity contribution in [2.75, 3.05) is 19.7 Å². The molecule has 1 aromatic carbocycles. The molecular weight excluding hydrogens is 322 g/mol. The van der Waals surface area contributed by atoms with Crippen molar-refractivity contribution in [3.05, 3.63) is 52.2 Å². The number of carboxylic acids is 1. The number of benzene rings is 1. The van der Waals surface area contributed by atoms with Crippen molar-refractivity contribution < 1.29 is 14.6 Å². The Hall–Kier alpha value is -1.85. The largest absolute Gasteiger partial charge is 0.494 e. The molecule has 1 aliphatic heterocycles. The third-order valence-electron chi connectivity index (χ3n) is 4.49. The Morgan fingerprint density at radius 1 is 1.38 bits per heavy atom. The normalized spacial score (nSPS) is 19.8. The molecule has 2 aromatic rings. The van der Waals surface area contributed by atoms with E-state index in [2.05, 4.69) is 28.5 Å². The summed E-state index contributed by atoms with van der Waals surface area (Å²) in [7, 11) is 0. The number of nitrogens with zero attached hydrogens (tertiary/aromatic N) is 1. The summed E-state index contributed by atoms with van der Waals surface area (Å²) in [5, 5.41) is 11.5. The molecule has 1 aliphatic rings. The van der Waals surface area contributed by atoms with Crippen LogP contribution in [0.2, 0.25) is 0 Å². The molecule has 1 fully saturated rings. The van der Waals surface area contributed by atoms with Crippen LogP contribution in [-0.4, -0.2) is 35.7 Å². The lowest BCUT2D eigenvalue weighted by molar-refractivity contribution is -0.143. The van der Waals surface area contributed by atoms with Gasteiger partial charge in [0.2, 0.25) is 0 Å². The van der Waals surface area contributed by atoms with Crippen LogP contribution in [0.4, 0.5) is 0 Å². The van der Waals surface area contributed by atoms with Gasteiger partial charge in [-0.25, -0.2) is 0 Å². The average molecular weight is 345 g/mol. The summed E-state index contributed by atoms with van der Waals surface area (Å²) in [6.07, 6.45) is 1.67. The summed E-state index contributed by atoms with van der Waals surface area (Å²) < 4.78 is 5.84. The topological polar surface area (TPSA) is 49.8 Å². The van der Waals surface area contributed by atoms with Gasteiger partial charge < -0.3 is 9.84 Å². The minimum absolute atomic E-state index is 0.0508. The number of piperidine rings is 1. The lowest BCUT2D eigenvalue weighted by Crippen LogP contribution is -2.41. The molecule has 2 heterocycles. The summed E-state index contributed by atoms with van der Waals surface area (Å²) >= 11 is 1.71. The van der Waals surface area contributed by atoms with Crippen molar-refractivity contribution in [2.45, 2.75) is 25.8 Å². The third-order valence-corrected chi connectivity index (χ3v) is 5.42. The zero-order valence-electron chi connectivity index (χ0n) is 13.9. The van der Waals surface area contributed by atoms with Crippen LogP contribution in [0.3, 0.4) is 0 Å². The van der Waals surface area contributed by atoms with Crippen molar-refractivity contribution >= 4 is 17.3 Å². The summed E-state index contributed by atoms with van der Waals surface area (Å²) in [5.41, 5.74) is 1.12. The lowest BCUT2D eigenvalue weighted by atomic mass is 9.94. The number of carbonyl (C=O) groups is 1. The van der Waals surface area contributed by atoms with Crippen molar-refractivity contribution in [3.8, 4) is 5.75 Å². The summed E-state index contributed by atoms with van der Waals surface area (Å²) in [6, 6.07) is 12.3. The van der Waals surface area contributed by atoms with Crippen LogP contribution in [0.25, 0.3) is 0 Å². The number of likely N-dealkylation sites (tertiary alicyclic amines) is 1. The fourth-order valence-electron chi connectivity index (χ4n) is 3.41. The van der Waals surface area contributed by atoms with Crippen LogP contribution in [0.5, 0.6) is 5.75 Å². The number of para-hydroxylation sites is 1. The predicted molar refractivity (Wildman–Crippen MR) is 95.7 cm³/mol. The summed E-state index contributed by atoms with van der Waals surface area (Å²) in [6.45, 7) is 4.09. The Labute approximate surface area is 146 Å². The minimum atomic E-state index is -0.692. The molecule has 0 bridgehead atoms. The molecule has 3 rings (SSSR count). The van der Waals surface area contributed by atoms with E-state index < -0.39 is 5.97 Å². The molecule has 1 aromatic heterocycles. The number of rotatable bonds is 6. The summed E-state index contributed by atoms with van der Waals surface area (Å²) in [5.74, 6) is -0.0981. The van der Waals surface area contributed by atoms with Gasteiger partial charge in [0.1, 0.15) is 5.75 Å². The first-order valence-electron chi connectivity index (χ1n) is 8.42. The van der Waals surface area contributed by atoms with Crippen molar-refractivity contribution in [3.63, 3.8) is 0 Å². The quantitative estimate of drug-likeness (QED) is 0.859. The van der Waals surface area contributed by atoms with Gasteiger partial charge in [0.05, 0.1) is 18.6 Å². The fourth-order valence-corrected chi connectivity index (χ4v) is 4.29. The second kappa shape index (κ2) is 7.81. The second-order valence-electron chi connectivity index (χ2n) is 6.06. The SMILES string of the molecule is CCOc1ccccc1C(c1cccs1)N1CCCC(C(=O)O)C1. The monoisotopic (exact) mass is 345 g/mol. The van der Waals surface area contributed by atoms with E-state index in [1.807, 2.05) is 25.1 Å². The van der Waals surface area contributed by atoms with Crippen molar-refractivity contribution in [1.29, 1.82) is 0 Å². The van der Waals surface area contributed by atoms with Gasteiger partial charge in [0.15, 0.2) is 0 Å². The molecule has 0 saturated carbocycles. The van der Waals surface area contributed by atoms with Crippen LogP contribution in [0.15, 0.2) is 41.8 Å². The molecular formula is C19H23NO3S. The van der Waals surface area contributed by atoms with Gasteiger partial charge >= 0.3 is 5.97 Å².